The summed E-state index contributed by atoms with van der Waals surface area (Å²) in [4.78, 5) is 13.4. The molecule has 6 nitrogen and oxygen atoms in total. The van der Waals surface area contributed by atoms with Crippen molar-refractivity contribution >= 4 is 21.9 Å². The van der Waals surface area contributed by atoms with Crippen LogP contribution in [-0.4, -0.2) is 30.7 Å². The van der Waals surface area contributed by atoms with Crippen LogP contribution in [0.15, 0.2) is 28.5 Å². The number of ketones is 1. The number of carbonyl (C=O) groups excluding carboxylic acids is 1. The Morgan fingerprint density at radius 3 is 1.88 bits per heavy atom. The van der Waals surface area contributed by atoms with E-state index in [1.807, 2.05) is 84.5 Å². The summed E-state index contributed by atoms with van der Waals surface area (Å²) >= 11 is 3.20. The van der Waals surface area contributed by atoms with E-state index in [0.29, 0.717) is 37.0 Å². The maximum absolute atomic E-state index is 13.4. The number of aromatic nitrogens is 2. The number of aryl methyl sites for hydroxylation is 1. The van der Waals surface area contributed by atoms with Crippen LogP contribution in [0.5, 0.6) is 5.75 Å². The molecule has 7 heteroatoms. The zero-order chi connectivity index (χ0) is 25.2. The fraction of sp³-hybridized carbons (Fsp3) is 0.615. The minimum atomic E-state index is -0.701. The van der Waals surface area contributed by atoms with Gasteiger partial charge in [0.15, 0.2) is 5.78 Å². The Morgan fingerprint density at radius 2 is 1.45 bits per heavy atom. The lowest BCUT2D eigenvalue weighted by Crippen LogP contribution is -2.32. The van der Waals surface area contributed by atoms with Crippen molar-refractivity contribution in [2.75, 3.05) is 0 Å². The maximum Gasteiger partial charge on any atom is 0.217 e. The lowest BCUT2D eigenvalue weighted by molar-refractivity contribution is 0.0192. The second-order valence-corrected chi connectivity index (χ2v) is 11.4. The Labute approximate surface area is 206 Å². The molecule has 0 saturated heterocycles. The number of benzene rings is 1. The summed E-state index contributed by atoms with van der Waals surface area (Å²) in [7, 11) is 0. The molecule has 33 heavy (non-hydrogen) atoms. The van der Waals surface area contributed by atoms with E-state index in [1.165, 1.54) is 0 Å². The summed E-state index contributed by atoms with van der Waals surface area (Å²) in [5, 5.41) is 21.6. The van der Waals surface area contributed by atoms with Crippen LogP contribution in [0.1, 0.15) is 96.1 Å². The number of hydrogen-bond donors (Lipinski definition) is 2. The third-order valence-corrected chi connectivity index (χ3v) is 6.83. The smallest absolute Gasteiger partial charge is 0.217 e. The second-order valence-electron chi connectivity index (χ2n) is 11.0. The van der Waals surface area contributed by atoms with Crippen LogP contribution in [0.25, 0.3) is 0 Å². The van der Waals surface area contributed by atoms with Crippen molar-refractivity contribution in [1.82, 2.24) is 9.13 Å². The Bertz CT molecular complexity index is 1010. The number of phenolic OH excluding ortho intramolecular Hbond substituents is 1. The van der Waals surface area contributed by atoms with Crippen molar-refractivity contribution in [3.63, 3.8) is 0 Å². The van der Waals surface area contributed by atoms with Crippen LogP contribution in [0.4, 0.5) is 0 Å². The fourth-order valence-corrected chi connectivity index (χ4v) is 4.38. The molecule has 0 saturated carbocycles. The van der Waals surface area contributed by atoms with E-state index in [4.69, 9.17) is 0 Å². The van der Waals surface area contributed by atoms with E-state index in [9.17, 15) is 15.0 Å². The normalized spacial score (nSPS) is 13.6. The number of aliphatic hydroxyl groups is 1. The predicted molar refractivity (Wildman–Crippen MR) is 137 cm³/mol. The van der Waals surface area contributed by atoms with Crippen LogP contribution in [-0.2, 0) is 23.9 Å². The van der Waals surface area contributed by atoms with Crippen LogP contribution in [0.2, 0.25) is 0 Å². The fourth-order valence-electron chi connectivity index (χ4n) is 3.97. The van der Waals surface area contributed by atoms with E-state index in [1.54, 1.807) is 4.57 Å². The standard InChI is InChI=1S/C26H40BrN3O3/c1-9-26(33,10-2)11-12-29-13-14-30(23(29)28-27)17-21(31)18-15-19(24(3,4)5)22(32)20(16-18)25(6,7)8/h13-16,32-33H,9-12,17H2,1-8H3/b28-23-. The zero-order valence-electron chi connectivity index (χ0n) is 21.4. The Hall–Kier alpha value is -1.86. The molecule has 0 aliphatic carbocycles. The van der Waals surface area contributed by atoms with Crippen LogP contribution in [0.3, 0.4) is 0 Å². The van der Waals surface area contributed by atoms with Gasteiger partial charge in [-0.05, 0) is 42.2 Å². The number of nitrogens with zero attached hydrogens (tertiary/aromatic N) is 3. The van der Waals surface area contributed by atoms with Gasteiger partial charge in [-0.1, -0.05) is 55.4 Å². The van der Waals surface area contributed by atoms with Crippen molar-refractivity contribution in [3.05, 3.63) is 46.8 Å². The van der Waals surface area contributed by atoms with Gasteiger partial charge in [0, 0.05) is 35.6 Å². The molecule has 0 unspecified atom stereocenters. The number of halogens is 1. The first-order valence-electron chi connectivity index (χ1n) is 11.7. The highest BCUT2D eigenvalue weighted by Crippen LogP contribution is 2.39. The average molecular weight is 523 g/mol. The molecule has 0 radical (unpaired) electrons. The van der Waals surface area contributed by atoms with E-state index in [2.05, 4.69) is 20.2 Å². The average Bonchev–Trinajstić information content (AvgIpc) is 3.11. The first-order chi connectivity index (χ1) is 15.2. The third kappa shape index (κ3) is 6.38. The predicted octanol–water partition coefficient (Wildman–Crippen LogP) is 5.62. The Morgan fingerprint density at radius 1 is 0.970 bits per heavy atom. The number of hydrogen-bond acceptors (Lipinski definition) is 4. The molecule has 1 aromatic heterocycles. The number of aromatic hydroxyl groups is 1. The van der Waals surface area contributed by atoms with E-state index in [0.717, 1.165) is 11.1 Å². The third-order valence-electron chi connectivity index (χ3n) is 6.51. The molecule has 0 aliphatic heterocycles. The molecule has 0 fully saturated rings. The summed E-state index contributed by atoms with van der Waals surface area (Å²) in [5.41, 5.74) is 1.42. The summed E-state index contributed by atoms with van der Waals surface area (Å²) in [6, 6.07) is 3.63. The number of imidazole rings is 1. The first kappa shape index (κ1) is 27.4. The molecule has 1 heterocycles. The summed E-state index contributed by atoms with van der Waals surface area (Å²) in [6.45, 7) is 16.9. The van der Waals surface area contributed by atoms with E-state index >= 15 is 0 Å². The molecule has 0 aliphatic rings. The molecule has 0 atom stereocenters. The van der Waals surface area contributed by atoms with E-state index in [-0.39, 0.29) is 28.9 Å². The summed E-state index contributed by atoms with van der Waals surface area (Å²) < 4.78 is 7.96. The number of Topliss-reactive ketones (excluding diaryl/α,β-unsaturated/α-hetero) is 1. The monoisotopic (exact) mass is 521 g/mol. The molecule has 1 aromatic carbocycles. The molecule has 2 rings (SSSR count). The van der Waals surface area contributed by atoms with Crippen molar-refractivity contribution in [3.8, 4) is 5.75 Å². The Kier molecular flexibility index (Phi) is 8.45. The highest BCUT2D eigenvalue weighted by molar-refractivity contribution is 9.08. The zero-order valence-corrected chi connectivity index (χ0v) is 23.0. The molecule has 0 amide bonds. The quantitative estimate of drug-likeness (QED) is 0.442. The van der Waals surface area contributed by atoms with Gasteiger partial charge in [-0.2, -0.15) is 4.02 Å². The van der Waals surface area contributed by atoms with Crippen molar-refractivity contribution in [2.45, 2.75) is 104 Å². The second kappa shape index (κ2) is 10.2. The lowest BCUT2D eigenvalue weighted by atomic mass is 9.78. The molecule has 0 spiro atoms. The highest BCUT2D eigenvalue weighted by Gasteiger charge is 2.28. The largest absolute Gasteiger partial charge is 0.507 e. The van der Waals surface area contributed by atoms with Gasteiger partial charge in [0.25, 0.3) is 0 Å². The molecular formula is C26H40BrN3O3. The minimum absolute atomic E-state index is 0.0511. The van der Waals surface area contributed by atoms with Gasteiger partial charge in [-0.25, -0.2) is 0 Å². The maximum atomic E-state index is 13.4. The van der Waals surface area contributed by atoms with Crippen molar-refractivity contribution < 1.29 is 15.0 Å². The van der Waals surface area contributed by atoms with E-state index < -0.39 is 5.60 Å². The van der Waals surface area contributed by atoms with Gasteiger partial charge in [0.2, 0.25) is 5.62 Å². The first-order valence-corrected chi connectivity index (χ1v) is 12.4. The van der Waals surface area contributed by atoms with Crippen LogP contribution in [0, 0.1) is 0 Å². The van der Waals surface area contributed by atoms with Crippen molar-refractivity contribution in [2.24, 2.45) is 4.02 Å². The van der Waals surface area contributed by atoms with Crippen LogP contribution < -0.4 is 5.62 Å². The highest BCUT2D eigenvalue weighted by atomic mass is 79.9. The molecular weight excluding hydrogens is 482 g/mol. The number of carbonyl (C=O) groups is 1. The number of phenols is 1. The van der Waals surface area contributed by atoms with Gasteiger partial charge in [0.05, 0.1) is 28.3 Å². The van der Waals surface area contributed by atoms with Gasteiger partial charge < -0.3 is 19.3 Å². The lowest BCUT2D eigenvalue weighted by Gasteiger charge is -2.28. The van der Waals surface area contributed by atoms with Crippen molar-refractivity contribution in [1.29, 1.82) is 0 Å². The molecule has 2 N–H and O–H groups in total. The molecule has 0 bridgehead atoms. The van der Waals surface area contributed by atoms with Crippen LogP contribution >= 0.6 is 16.1 Å². The van der Waals surface area contributed by atoms with Gasteiger partial charge in [-0.3, -0.25) is 4.79 Å². The molecule has 184 valence electrons. The summed E-state index contributed by atoms with van der Waals surface area (Å²) in [6.07, 6.45) is 5.72. The van der Waals surface area contributed by atoms with Gasteiger partial charge >= 0.3 is 0 Å². The minimum Gasteiger partial charge on any atom is -0.507 e. The molecule has 2 aromatic rings. The van der Waals surface area contributed by atoms with Gasteiger partial charge in [-0.15, -0.1) is 0 Å². The summed E-state index contributed by atoms with van der Waals surface area (Å²) in [5.74, 6) is 0.214. The van der Waals surface area contributed by atoms with Gasteiger partial charge in [0.1, 0.15) is 5.75 Å². The SMILES string of the molecule is CCC(O)(CC)CCn1ccn(CC(=O)c2cc(C(C)(C)C)c(O)c(C(C)(C)C)c2)/c1=N\Br. The number of rotatable bonds is 8. The Balaban J connectivity index is 2.40. The topological polar surface area (TPSA) is 79.8 Å².